The van der Waals surface area contributed by atoms with E-state index in [-0.39, 0.29) is 30.8 Å². The lowest BCUT2D eigenvalue weighted by atomic mass is 10.0. The number of carbonyl (C=O) groups excluding carboxylic acids is 1. The third-order valence-electron chi connectivity index (χ3n) is 7.22. The van der Waals surface area contributed by atoms with Crippen molar-refractivity contribution in [3.05, 3.63) is 0 Å². The lowest BCUT2D eigenvalue weighted by Gasteiger charge is -2.31. The number of quaternary nitrogens is 2. The van der Waals surface area contributed by atoms with E-state index in [9.17, 15) is 22.9 Å². The van der Waals surface area contributed by atoms with Crippen LogP contribution in [0.25, 0.3) is 0 Å². The van der Waals surface area contributed by atoms with Crippen LogP contribution in [0.15, 0.2) is 0 Å². The van der Waals surface area contributed by atoms with Gasteiger partial charge in [-0.3, -0.25) is 4.18 Å². The summed E-state index contributed by atoms with van der Waals surface area (Å²) in [6.07, 6.45) is 18.6. The average Bonchev–Trinajstić information content (AvgIpc) is 2.88. The highest BCUT2D eigenvalue weighted by atomic mass is 32.3. The summed E-state index contributed by atoms with van der Waals surface area (Å²) >= 11 is 0. The Morgan fingerprint density at radius 3 is 0.958 bits per heavy atom. The summed E-state index contributed by atoms with van der Waals surface area (Å²) < 4.78 is 32.3. The van der Waals surface area contributed by atoms with Gasteiger partial charge in [0.05, 0.1) is 35.3 Å². The zero-order chi connectivity index (χ0) is 38.2. The van der Waals surface area contributed by atoms with Crippen LogP contribution in [0.3, 0.4) is 0 Å². The number of hydrogen-bond acceptors (Lipinski definition) is 10. The average molecular weight is 719 g/mol. The van der Waals surface area contributed by atoms with E-state index in [4.69, 9.17) is 20.4 Å². The van der Waals surface area contributed by atoms with Crippen molar-refractivity contribution in [2.75, 3.05) is 61.5 Å². The number of likely N-dealkylation sites (N-methyl/N-ethyl adjacent to an activating group) is 2. The number of carboxylic acids is 1. The molecule has 13 heteroatoms. The number of aliphatic hydroxyl groups excluding tert-OH is 4. The normalized spacial score (nSPS) is 14.2. The van der Waals surface area contributed by atoms with Crippen molar-refractivity contribution in [2.45, 2.75) is 162 Å². The molecule has 0 aliphatic carbocycles. The van der Waals surface area contributed by atoms with Crippen molar-refractivity contribution in [1.29, 1.82) is 0 Å². The fourth-order valence-corrected chi connectivity index (χ4v) is 5.65. The van der Waals surface area contributed by atoms with Crippen molar-refractivity contribution >= 4 is 16.4 Å². The molecule has 0 spiro atoms. The fourth-order valence-electron chi connectivity index (χ4n) is 5.65. The van der Waals surface area contributed by atoms with Crippen LogP contribution >= 0.6 is 0 Å². The Morgan fingerprint density at radius 2 is 0.792 bits per heavy atom. The molecule has 0 aromatic rings. The van der Waals surface area contributed by atoms with Gasteiger partial charge < -0.3 is 43.8 Å². The van der Waals surface area contributed by atoms with Gasteiger partial charge >= 0.3 is 0 Å². The molecule has 0 bridgehead atoms. The van der Waals surface area contributed by atoms with E-state index < -0.39 is 16.4 Å². The number of hydrogen-bond donors (Lipinski definition) is 4. The first kappa shape index (κ1) is 53.9. The Labute approximate surface area is 295 Å². The highest BCUT2D eigenvalue weighted by Gasteiger charge is 2.20. The second-order valence-electron chi connectivity index (χ2n) is 14.6. The van der Waals surface area contributed by atoms with Crippen molar-refractivity contribution in [3.8, 4) is 0 Å². The smallest absolute Gasteiger partial charge is 0.217 e. The standard InChI is InChI=1S/C18H36O2.2C8H20NO2.CH4O4S/c1-2-3-4-5-6-7-8-9-10-11-12-13-14-15-16-17-18(19)20;2*1-7(10)5-9(3,4)6-8(2)11;1-5-6(2,3)4/h2-17H2,1H3,(H,19,20);2*7-8,10-11H,5-6H2,1-4H3;1H3,(H,2,3,4)/q;2*+1;/p-2. The highest BCUT2D eigenvalue weighted by molar-refractivity contribution is 7.80. The predicted octanol–water partition coefficient (Wildman–Crippen LogP) is 3.74. The SMILES string of the molecule is CC(O)C[N+](C)(C)CC(C)O.CC(O)C[N+](C)(C)CC(C)O.CCCCCCCCCCCCCCCCCC(=O)[O-].COS(=O)(=O)[O-]. The van der Waals surface area contributed by atoms with Gasteiger partial charge in [0.15, 0.2) is 0 Å². The van der Waals surface area contributed by atoms with Gasteiger partial charge in [-0.2, -0.15) is 0 Å². The molecule has 0 aliphatic rings. The van der Waals surface area contributed by atoms with Gasteiger partial charge in [0.2, 0.25) is 10.4 Å². The lowest BCUT2D eigenvalue weighted by Crippen LogP contribution is -2.48. The molecule has 0 rings (SSSR count). The molecule has 4 unspecified atom stereocenters. The molecule has 0 radical (unpaired) electrons. The topological polar surface area (TPSA) is 187 Å². The fraction of sp³-hybridized carbons (Fsp3) is 0.971. The second-order valence-corrected chi connectivity index (χ2v) is 15.8. The van der Waals surface area contributed by atoms with E-state index in [2.05, 4.69) is 11.1 Å². The van der Waals surface area contributed by atoms with Crippen LogP contribution in [0.1, 0.15) is 137 Å². The number of aliphatic hydroxyl groups is 4. The molecule has 4 N–H and O–H groups in total. The number of rotatable bonds is 25. The van der Waals surface area contributed by atoms with Crippen LogP contribution in [0, 0.1) is 0 Å². The van der Waals surface area contributed by atoms with E-state index in [0.29, 0.717) is 35.1 Å². The molecule has 0 amide bonds. The molecule has 48 heavy (non-hydrogen) atoms. The van der Waals surface area contributed by atoms with Crippen LogP contribution < -0.4 is 5.11 Å². The van der Waals surface area contributed by atoms with Gasteiger partial charge in [0, 0.05) is 5.97 Å². The molecule has 0 heterocycles. The van der Waals surface area contributed by atoms with E-state index in [0.717, 1.165) is 20.0 Å². The minimum atomic E-state index is -4.41. The maximum Gasteiger partial charge on any atom is 0.217 e. The molecule has 4 atom stereocenters. The van der Waals surface area contributed by atoms with Crippen LogP contribution in [-0.4, -0.2) is 134 Å². The van der Waals surface area contributed by atoms with Gasteiger partial charge in [-0.05, 0) is 40.5 Å². The summed E-state index contributed by atoms with van der Waals surface area (Å²) in [6, 6.07) is 0. The number of aliphatic carboxylic acids is 1. The second kappa shape index (κ2) is 33.3. The maximum atomic E-state index is 10.2. The summed E-state index contributed by atoms with van der Waals surface area (Å²) in [4.78, 5) is 10.2. The molecule has 0 fully saturated rings. The molecular formula is C35H78N2O10S. The minimum absolute atomic E-state index is 0.234. The largest absolute Gasteiger partial charge is 0.726 e. The van der Waals surface area contributed by atoms with Crippen molar-refractivity contribution in [2.24, 2.45) is 0 Å². The lowest BCUT2D eigenvalue weighted by molar-refractivity contribution is -0.895. The van der Waals surface area contributed by atoms with Crippen LogP contribution in [0.2, 0.25) is 0 Å². The van der Waals surface area contributed by atoms with Crippen molar-refractivity contribution < 1.29 is 56.4 Å². The first-order valence-electron chi connectivity index (χ1n) is 18.1. The molecular weight excluding hydrogens is 640 g/mol. The van der Waals surface area contributed by atoms with Gasteiger partial charge in [-0.25, -0.2) is 8.42 Å². The van der Waals surface area contributed by atoms with Crippen LogP contribution in [-0.2, 0) is 19.4 Å². The number of carbonyl (C=O) groups is 1. The minimum Gasteiger partial charge on any atom is -0.726 e. The van der Waals surface area contributed by atoms with E-state index >= 15 is 0 Å². The van der Waals surface area contributed by atoms with Crippen LogP contribution in [0.5, 0.6) is 0 Å². The van der Waals surface area contributed by atoms with Gasteiger partial charge in [-0.15, -0.1) is 0 Å². The highest BCUT2D eigenvalue weighted by Crippen LogP contribution is 2.13. The van der Waals surface area contributed by atoms with Gasteiger partial charge in [0.25, 0.3) is 0 Å². The zero-order valence-electron chi connectivity index (χ0n) is 32.5. The molecule has 0 saturated carbocycles. The quantitative estimate of drug-likeness (QED) is 0.0469. The van der Waals surface area contributed by atoms with Crippen molar-refractivity contribution in [1.82, 2.24) is 0 Å². The van der Waals surface area contributed by atoms with Gasteiger partial charge in [-0.1, -0.05) is 96.8 Å². The predicted molar refractivity (Wildman–Crippen MR) is 192 cm³/mol. The molecule has 0 aromatic carbocycles. The Balaban J connectivity index is -0.000000294. The first-order valence-corrected chi connectivity index (χ1v) is 19.4. The summed E-state index contributed by atoms with van der Waals surface area (Å²) in [5, 5.41) is 46.6. The molecule has 294 valence electrons. The summed E-state index contributed by atoms with van der Waals surface area (Å²) in [5.74, 6) is -0.903. The number of nitrogens with zero attached hydrogens (tertiary/aromatic N) is 2. The van der Waals surface area contributed by atoms with Crippen LogP contribution in [0.4, 0.5) is 0 Å². The molecule has 0 saturated heterocycles. The third-order valence-corrected chi connectivity index (χ3v) is 7.63. The summed E-state index contributed by atoms with van der Waals surface area (Å²) in [7, 11) is 4.39. The molecule has 0 aromatic heterocycles. The van der Waals surface area contributed by atoms with E-state index in [1.54, 1.807) is 27.7 Å². The first-order chi connectivity index (χ1) is 22.0. The summed E-state index contributed by atoms with van der Waals surface area (Å²) in [5.41, 5.74) is 0. The maximum absolute atomic E-state index is 10.2. The van der Waals surface area contributed by atoms with Crippen molar-refractivity contribution in [3.63, 3.8) is 0 Å². The number of unbranched alkanes of at least 4 members (excludes halogenated alkanes) is 14. The molecule has 12 nitrogen and oxygen atoms in total. The third kappa shape index (κ3) is 57.4. The molecule has 0 aliphatic heterocycles. The summed E-state index contributed by atoms with van der Waals surface area (Å²) in [6.45, 7) is 12.1. The Hall–Kier alpha value is -0.900. The van der Waals surface area contributed by atoms with E-state index in [1.165, 1.54) is 83.5 Å². The zero-order valence-corrected chi connectivity index (χ0v) is 33.3. The van der Waals surface area contributed by atoms with E-state index in [1.807, 2.05) is 28.2 Å². The Bertz CT molecular complexity index is 753. The monoisotopic (exact) mass is 719 g/mol. The number of carboxylic acid groups (broad SMARTS) is 1. The van der Waals surface area contributed by atoms with Gasteiger partial charge in [0.1, 0.15) is 50.6 Å². The Kier molecular flexibility index (Phi) is 37.3. The Morgan fingerprint density at radius 1 is 0.583 bits per heavy atom.